The van der Waals surface area contributed by atoms with E-state index in [0.717, 1.165) is 30.4 Å². The monoisotopic (exact) mass is 290 g/mol. The topological polar surface area (TPSA) is 57.5 Å². The van der Waals surface area contributed by atoms with Crippen molar-refractivity contribution >= 4 is 12.9 Å². The summed E-state index contributed by atoms with van der Waals surface area (Å²) in [7, 11) is -4.28. The molecule has 106 valence electrons. The van der Waals surface area contributed by atoms with Crippen molar-refractivity contribution in [3.8, 4) is 11.1 Å². The van der Waals surface area contributed by atoms with Gasteiger partial charge in [0.1, 0.15) is 0 Å². The summed E-state index contributed by atoms with van der Waals surface area (Å²) < 4.78 is 11.7. The van der Waals surface area contributed by atoms with Crippen LogP contribution in [0.4, 0.5) is 0 Å². The molecule has 0 spiro atoms. The first-order valence-corrected chi connectivity index (χ1v) is 8.38. The van der Waals surface area contributed by atoms with Gasteiger partial charge in [-0.2, -0.15) is 0 Å². The predicted molar refractivity (Wildman–Crippen MR) is 82.2 cm³/mol. The van der Waals surface area contributed by atoms with Crippen molar-refractivity contribution in [3.05, 3.63) is 54.1 Å². The van der Waals surface area contributed by atoms with Crippen LogP contribution in [0, 0.1) is 0 Å². The zero-order valence-electron chi connectivity index (χ0n) is 11.5. The molecule has 2 aromatic carbocycles. The van der Waals surface area contributed by atoms with E-state index in [1.165, 1.54) is 6.07 Å². The van der Waals surface area contributed by atoms with Crippen LogP contribution in [0.3, 0.4) is 0 Å². The van der Waals surface area contributed by atoms with Gasteiger partial charge in [-0.15, -0.1) is 0 Å². The second kappa shape index (κ2) is 6.36. The summed E-state index contributed by atoms with van der Waals surface area (Å²) >= 11 is 0. The van der Waals surface area contributed by atoms with Gasteiger partial charge >= 0.3 is 7.60 Å². The summed E-state index contributed by atoms with van der Waals surface area (Å²) in [4.78, 5) is 19.2. The van der Waals surface area contributed by atoms with Crippen LogP contribution < -0.4 is 5.30 Å². The molecule has 0 aromatic heterocycles. The molecule has 0 aliphatic heterocycles. The summed E-state index contributed by atoms with van der Waals surface area (Å²) in [5.74, 6) is 0. The molecule has 0 radical (unpaired) electrons. The Kier molecular flexibility index (Phi) is 4.77. The number of hydrogen-bond donors (Lipinski definition) is 2. The smallest absolute Gasteiger partial charge is 0.321 e. The fourth-order valence-corrected chi connectivity index (χ4v) is 3.19. The predicted octanol–water partition coefficient (Wildman–Crippen LogP) is 3.50. The zero-order valence-corrected chi connectivity index (χ0v) is 12.4. The van der Waals surface area contributed by atoms with Crippen molar-refractivity contribution in [2.24, 2.45) is 0 Å². The third kappa shape index (κ3) is 3.37. The van der Waals surface area contributed by atoms with Crippen molar-refractivity contribution in [3.63, 3.8) is 0 Å². The summed E-state index contributed by atoms with van der Waals surface area (Å²) in [6.45, 7) is 2.11. The van der Waals surface area contributed by atoms with Crippen molar-refractivity contribution in [1.29, 1.82) is 0 Å². The van der Waals surface area contributed by atoms with Crippen molar-refractivity contribution in [2.45, 2.75) is 26.2 Å². The maximum atomic E-state index is 11.7. The lowest BCUT2D eigenvalue weighted by atomic mass is 9.96. The van der Waals surface area contributed by atoms with Gasteiger partial charge in [-0.25, -0.2) is 0 Å². The number of benzene rings is 2. The highest BCUT2D eigenvalue weighted by molar-refractivity contribution is 7.60. The Morgan fingerprint density at radius 2 is 1.70 bits per heavy atom. The molecule has 4 heteroatoms. The highest BCUT2D eigenvalue weighted by atomic mass is 31.2. The van der Waals surface area contributed by atoms with Gasteiger partial charge in [0.2, 0.25) is 0 Å². The second-order valence-electron chi connectivity index (χ2n) is 4.82. The van der Waals surface area contributed by atoms with Crippen molar-refractivity contribution in [1.82, 2.24) is 0 Å². The molecule has 3 nitrogen and oxygen atoms in total. The third-order valence-corrected chi connectivity index (χ3v) is 4.31. The lowest BCUT2D eigenvalue weighted by Gasteiger charge is -2.16. The molecule has 0 bridgehead atoms. The Bertz CT molecular complexity index is 617. The van der Waals surface area contributed by atoms with E-state index in [9.17, 15) is 14.4 Å². The number of unbranched alkanes of at least 4 members (excludes halogenated alkanes) is 1. The fourth-order valence-electron chi connectivity index (χ4n) is 2.34. The van der Waals surface area contributed by atoms with E-state index in [-0.39, 0.29) is 5.30 Å². The molecule has 0 aliphatic carbocycles. The Morgan fingerprint density at radius 3 is 2.30 bits per heavy atom. The SMILES string of the molecule is CCCCc1cccc(P(=O)(O)O)c1-c1ccccc1. The van der Waals surface area contributed by atoms with E-state index >= 15 is 0 Å². The van der Waals surface area contributed by atoms with Gasteiger partial charge in [0.25, 0.3) is 0 Å². The van der Waals surface area contributed by atoms with E-state index in [4.69, 9.17) is 0 Å². The minimum absolute atomic E-state index is 0.123. The minimum Gasteiger partial charge on any atom is -0.321 e. The van der Waals surface area contributed by atoms with E-state index in [0.29, 0.717) is 5.56 Å². The zero-order chi connectivity index (χ0) is 14.6. The van der Waals surface area contributed by atoms with Crippen LogP contribution in [-0.4, -0.2) is 9.79 Å². The maximum Gasteiger partial charge on any atom is 0.356 e. The first kappa shape index (κ1) is 15.0. The third-order valence-electron chi connectivity index (χ3n) is 3.30. The van der Waals surface area contributed by atoms with Gasteiger partial charge < -0.3 is 9.79 Å². The van der Waals surface area contributed by atoms with Gasteiger partial charge in [0.05, 0.1) is 5.30 Å². The first-order chi connectivity index (χ1) is 9.54. The molecule has 2 rings (SSSR count). The summed E-state index contributed by atoms with van der Waals surface area (Å²) in [6.07, 6.45) is 2.88. The van der Waals surface area contributed by atoms with E-state index in [1.807, 2.05) is 36.4 Å². The second-order valence-corrected chi connectivity index (χ2v) is 6.39. The fraction of sp³-hybridized carbons (Fsp3) is 0.250. The molecule has 0 heterocycles. The largest absolute Gasteiger partial charge is 0.356 e. The van der Waals surface area contributed by atoms with Crippen LogP contribution in [0.25, 0.3) is 11.1 Å². The summed E-state index contributed by atoms with van der Waals surface area (Å²) in [6, 6.07) is 14.7. The summed E-state index contributed by atoms with van der Waals surface area (Å²) in [5, 5.41) is 0.123. The average molecular weight is 290 g/mol. The van der Waals surface area contributed by atoms with Crippen LogP contribution in [0.15, 0.2) is 48.5 Å². The molecule has 20 heavy (non-hydrogen) atoms. The molecular weight excluding hydrogens is 271 g/mol. The van der Waals surface area contributed by atoms with Crippen LogP contribution in [-0.2, 0) is 11.0 Å². The van der Waals surface area contributed by atoms with Crippen LogP contribution in [0.2, 0.25) is 0 Å². The molecule has 2 N–H and O–H groups in total. The molecule has 0 amide bonds. The Morgan fingerprint density at radius 1 is 1.00 bits per heavy atom. The van der Waals surface area contributed by atoms with Gasteiger partial charge in [-0.3, -0.25) is 4.57 Å². The van der Waals surface area contributed by atoms with Gasteiger partial charge in [0.15, 0.2) is 0 Å². The Balaban J connectivity index is 2.63. The minimum atomic E-state index is -4.28. The van der Waals surface area contributed by atoms with Crippen LogP contribution in [0.5, 0.6) is 0 Å². The number of rotatable bonds is 5. The Hall–Kier alpha value is -1.41. The molecule has 0 unspecified atom stereocenters. The molecule has 0 aliphatic rings. The normalized spacial score (nSPS) is 11.6. The molecule has 0 saturated carbocycles. The molecule has 2 aromatic rings. The molecule has 0 fully saturated rings. The van der Waals surface area contributed by atoms with Gasteiger partial charge in [-0.05, 0) is 30.0 Å². The maximum absolute atomic E-state index is 11.7. The van der Waals surface area contributed by atoms with Crippen LogP contribution >= 0.6 is 7.60 Å². The highest BCUT2D eigenvalue weighted by Gasteiger charge is 2.23. The van der Waals surface area contributed by atoms with Crippen molar-refractivity contribution < 1.29 is 14.4 Å². The van der Waals surface area contributed by atoms with Gasteiger partial charge in [0, 0.05) is 5.56 Å². The van der Waals surface area contributed by atoms with E-state index in [2.05, 4.69) is 6.92 Å². The Labute approximate surface area is 119 Å². The number of aryl methyl sites for hydroxylation is 1. The summed E-state index contributed by atoms with van der Waals surface area (Å²) in [5.41, 5.74) is 2.55. The van der Waals surface area contributed by atoms with Crippen LogP contribution in [0.1, 0.15) is 25.3 Å². The lowest BCUT2D eigenvalue weighted by molar-refractivity contribution is 0.387. The average Bonchev–Trinajstić information content (AvgIpc) is 2.44. The highest BCUT2D eigenvalue weighted by Crippen LogP contribution is 2.39. The molecule has 0 saturated heterocycles. The quantitative estimate of drug-likeness (QED) is 0.829. The van der Waals surface area contributed by atoms with E-state index in [1.54, 1.807) is 6.07 Å². The molecule has 0 atom stereocenters. The van der Waals surface area contributed by atoms with E-state index < -0.39 is 7.60 Å². The molecular formula is C16H19O3P. The first-order valence-electron chi connectivity index (χ1n) is 6.77. The van der Waals surface area contributed by atoms with Gasteiger partial charge in [-0.1, -0.05) is 55.8 Å². The standard InChI is InChI=1S/C16H19O3P/c1-2-3-8-13-11-7-12-15(20(17,18)19)16(13)14-9-5-4-6-10-14/h4-7,9-12H,2-3,8H2,1H3,(H2,17,18,19). The lowest BCUT2D eigenvalue weighted by Crippen LogP contribution is -2.10. The number of hydrogen-bond acceptors (Lipinski definition) is 1. The van der Waals surface area contributed by atoms with Crippen molar-refractivity contribution in [2.75, 3.05) is 0 Å².